The maximum Gasteiger partial charge on any atom is 0.192 e. The number of hydrogen-bond donors (Lipinski definition) is 0. The van der Waals surface area contributed by atoms with E-state index in [1.807, 2.05) is 0 Å². The summed E-state index contributed by atoms with van der Waals surface area (Å²) in [5.74, 6) is 1.18. The molecule has 0 aromatic carbocycles. The summed E-state index contributed by atoms with van der Waals surface area (Å²) in [6.07, 6.45) is 1.49. The fourth-order valence-corrected chi connectivity index (χ4v) is 3.79. The maximum atomic E-state index is 6.57. The summed E-state index contributed by atoms with van der Waals surface area (Å²) in [5, 5.41) is 0.244. The second kappa shape index (κ2) is 6.25. The average Bonchev–Trinajstić information content (AvgIpc) is 2.50. The minimum Gasteiger partial charge on any atom is -0.411 e. The summed E-state index contributed by atoms with van der Waals surface area (Å²) in [4.78, 5) is 0. The van der Waals surface area contributed by atoms with E-state index >= 15 is 0 Å². The van der Waals surface area contributed by atoms with Gasteiger partial charge >= 0.3 is 0 Å². The SMILES string of the molecule is COCO[C@@H]1C(O[Si](C)(C)C(C)(C)C)C[C@@H](C)[C@H]1C. The minimum atomic E-state index is -1.73. The highest BCUT2D eigenvalue weighted by molar-refractivity contribution is 6.74. The Morgan fingerprint density at radius 3 is 2.21 bits per heavy atom. The van der Waals surface area contributed by atoms with Crippen LogP contribution in [0.5, 0.6) is 0 Å². The van der Waals surface area contributed by atoms with Gasteiger partial charge < -0.3 is 13.9 Å². The van der Waals surface area contributed by atoms with E-state index < -0.39 is 8.32 Å². The second-order valence-corrected chi connectivity index (χ2v) is 12.3. The summed E-state index contributed by atoms with van der Waals surface area (Å²) in [6, 6.07) is 0. The van der Waals surface area contributed by atoms with E-state index in [0.29, 0.717) is 18.6 Å². The molecule has 0 aromatic rings. The van der Waals surface area contributed by atoms with Gasteiger partial charge in [-0.1, -0.05) is 34.6 Å². The van der Waals surface area contributed by atoms with Gasteiger partial charge in [-0.2, -0.15) is 0 Å². The zero-order valence-electron chi connectivity index (χ0n) is 13.9. The Hall–Kier alpha value is 0.0969. The van der Waals surface area contributed by atoms with Crippen molar-refractivity contribution in [1.29, 1.82) is 0 Å². The largest absolute Gasteiger partial charge is 0.411 e. The van der Waals surface area contributed by atoms with Gasteiger partial charge in [0.15, 0.2) is 8.32 Å². The van der Waals surface area contributed by atoms with Crippen LogP contribution in [-0.2, 0) is 13.9 Å². The molecule has 1 aliphatic carbocycles. The van der Waals surface area contributed by atoms with Crippen molar-refractivity contribution >= 4 is 8.32 Å². The molecular weight excluding hydrogens is 256 g/mol. The first-order valence-corrected chi connectivity index (χ1v) is 10.3. The van der Waals surface area contributed by atoms with Crippen LogP contribution in [-0.4, -0.2) is 34.4 Å². The Morgan fingerprint density at radius 2 is 1.74 bits per heavy atom. The van der Waals surface area contributed by atoms with E-state index in [0.717, 1.165) is 6.42 Å². The summed E-state index contributed by atoms with van der Waals surface area (Å²) in [5.41, 5.74) is 0. The molecule has 0 amide bonds. The summed E-state index contributed by atoms with van der Waals surface area (Å²) < 4.78 is 17.5. The molecule has 1 aliphatic rings. The molecule has 4 heteroatoms. The highest BCUT2D eigenvalue weighted by atomic mass is 28.4. The van der Waals surface area contributed by atoms with Gasteiger partial charge in [-0.25, -0.2) is 0 Å². The lowest BCUT2D eigenvalue weighted by Gasteiger charge is -2.40. The standard InChI is InChI=1S/C15H32O3Si/c1-11-9-13(14(12(11)2)17-10-16-6)18-19(7,8)15(3,4)5/h11-14H,9-10H2,1-8H3/t11-,12-,13?,14+/m1/s1. The van der Waals surface area contributed by atoms with Crippen LogP contribution in [0.15, 0.2) is 0 Å². The Kier molecular flexibility index (Phi) is 5.64. The predicted molar refractivity (Wildman–Crippen MR) is 81.8 cm³/mol. The molecule has 3 nitrogen and oxygen atoms in total. The fraction of sp³-hybridized carbons (Fsp3) is 1.00. The molecule has 0 radical (unpaired) electrons. The van der Waals surface area contributed by atoms with Gasteiger partial charge in [-0.3, -0.25) is 0 Å². The Balaban J connectivity index is 2.75. The highest BCUT2D eigenvalue weighted by Crippen LogP contribution is 2.42. The molecular formula is C15H32O3Si. The lowest BCUT2D eigenvalue weighted by molar-refractivity contribution is -0.112. The van der Waals surface area contributed by atoms with Crippen LogP contribution in [0.1, 0.15) is 41.0 Å². The molecule has 0 spiro atoms. The van der Waals surface area contributed by atoms with Crippen molar-refractivity contribution in [3.05, 3.63) is 0 Å². The average molecular weight is 289 g/mol. The van der Waals surface area contributed by atoms with Crippen molar-refractivity contribution in [1.82, 2.24) is 0 Å². The van der Waals surface area contributed by atoms with E-state index in [2.05, 4.69) is 47.7 Å². The van der Waals surface area contributed by atoms with E-state index in [1.54, 1.807) is 7.11 Å². The molecule has 0 N–H and O–H groups in total. The van der Waals surface area contributed by atoms with Gasteiger partial charge in [-0.05, 0) is 36.4 Å². The van der Waals surface area contributed by atoms with Crippen LogP contribution in [0, 0.1) is 11.8 Å². The maximum absolute atomic E-state index is 6.57. The Bertz CT molecular complexity index is 286. The van der Waals surface area contributed by atoms with Gasteiger partial charge in [0.25, 0.3) is 0 Å². The van der Waals surface area contributed by atoms with Crippen molar-refractivity contribution in [3.63, 3.8) is 0 Å². The normalized spacial score (nSPS) is 32.8. The van der Waals surface area contributed by atoms with Crippen LogP contribution in [0.25, 0.3) is 0 Å². The van der Waals surface area contributed by atoms with E-state index in [-0.39, 0.29) is 17.2 Å². The highest BCUT2D eigenvalue weighted by Gasteiger charge is 2.46. The van der Waals surface area contributed by atoms with Crippen molar-refractivity contribution < 1.29 is 13.9 Å². The van der Waals surface area contributed by atoms with Crippen molar-refractivity contribution in [2.75, 3.05) is 13.9 Å². The van der Waals surface area contributed by atoms with Crippen LogP contribution in [0.3, 0.4) is 0 Å². The molecule has 1 unspecified atom stereocenters. The first-order valence-electron chi connectivity index (χ1n) is 7.38. The fourth-order valence-electron chi connectivity index (χ4n) is 2.45. The summed E-state index contributed by atoms with van der Waals surface area (Å²) in [7, 11) is -0.0576. The van der Waals surface area contributed by atoms with Gasteiger partial charge in [0, 0.05) is 7.11 Å². The van der Waals surface area contributed by atoms with E-state index in [4.69, 9.17) is 13.9 Å². The van der Waals surface area contributed by atoms with Crippen molar-refractivity contribution in [2.45, 2.75) is 71.4 Å². The smallest absolute Gasteiger partial charge is 0.192 e. The van der Waals surface area contributed by atoms with Gasteiger partial charge in [0.2, 0.25) is 0 Å². The Labute approximate surface area is 120 Å². The lowest BCUT2D eigenvalue weighted by atomic mass is 9.99. The van der Waals surface area contributed by atoms with Crippen LogP contribution < -0.4 is 0 Å². The predicted octanol–water partition coefficient (Wildman–Crippen LogP) is 4.04. The third-order valence-corrected chi connectivity index (χ3v) is 9.52. The Morgan fingerprint density at radius 1 is 1.16 bits per heavy atom. The van der Waals surface area contributed by atoms with Crippen LogP contribution in [0.4, 0.5) is 0 Å². The second-order valence-electron chi connectivity index (χ2n) is 7.53. The minimum absolute atomic E-state index is 0.170. The first-order chi connectivity index (χ1) is 8.60. The molecule has 0 aliphatic heterocycles. The molecule has 0 aromatic heterocycles. The third-order valence-electron chi connectivity index (χ3n) is 5.02. The lowest BCUT2D eigenvalue weighted by Crippen LogP contribution is -2.46. The molecule has 19 heavy (non-hydrogen) atoms. The quantitative estimate of drug-likeness (QED) is 0.564. The first kappa shape index (κ1) is 17.1. The van der Waals surface area contributed by atoms with Gasteiger partial charge in [0.05, 0.1) is 12.2 Å². The van der Waals surface area contributed by atoms with Crippen LogP contribution >= 0.6 is 0 Å². The molecule has 114 valence electrons. The van der Waals surface area contributed by atoms with Gasteiger partial charge in [0.1, 0.15) is 6.79 Å². The molecule has 4 atom stereocenters. The molecule has 1 saturated carbocycles. The number of rotatable bonds is 5. The number of methoxy groups -OCH3 is 1. The molecule has 0 bridgehead atoms. The monoisotopic (exact) mass is 288 g/mol. The molecule has 1 rings (SSSR count). The summed E-state index contributed by atoms with van der Waals surface area (Å²) in [6.45, 7) is 16.4. The zero-order valence-corrected chi connectivity index (χ0v) is 14.9. The molecule has 1 fully saturated rings. The van der Waals surface area contributed by atoms with Crippen molar-refractivity contribution in [3.8, 4) is 0 Å². The zero-order chi connectivity index (χ0) is 14.8. The van der Waals surface area contributed by atoms with Gasteiger partial charge in [-0.15, -0.1) is 0 Å². The molecule has 0 saturated heterocycles. The number of hydrogen-bond acceptors (Lipinski definition) is 3. The van der Waals surface area contributed by atoms with E-state index in [9.17, 15) is 0 Å². The third kappa shape index (κ3) is 4.03. The van der Waals surface area contributed by atoms with Crippen molar-refractivity contribution in [2.24, 2.45) is 11.8 Å². The van der Waals surface area contributed by atoms with E-state index in [1.165, 1.54) is 0 Å². The van der Waals surface area contributed by atoms with Crippen LogP contribution in [0.2, 0.25) is 18.1 Å². The molecule has 0 heterocycles. The summed E-state index contributed by atoms with van der Waals surface area (Å²) >= 11 is 0. The number of ether oxygens (including phenoxy) is 2. The topological polar surface area (TPSA) is 27.7 Å².